The predicted octanol–water partition coefficient (Wildman–Crippen LogP) is 2.22. The molecule has 0 saturated carbocycles. The molecule has 2 aromatic rings. The number of carbonyl (C=O) groups excluding carboxylic acids is 2. The van der Waals surface area contributed by atoms with E-state index in [4.69, 9.17) is 4.74 Å². The SMILES string of the molecule is Cc1ccc(NC(=O)CN(C)[C@@H](C)C(=O)Nc2ccc(C)c(S(=O)(=O)N3CCOCC3)c2)cc1. The largest absolute Gasteiger partial charge is 0.379 e. The lowest BCUT2D eigenvalue weighted by Crippen LogP contribution is -2.43. The Balaban J connectivity index is 1.63. The van der Waals surface area contributed by atoms with Crippen molar-refractivity contribution < 1.29 is 22.7 Å². The number of morpholine rings is 1. The van der Waals surface area contributed by atoms with Crippen LogP contribution in [0, 0.1) is 13.8 Å². The normalized spacial score (nSPS) is 15.7. The lowest BCUT2D eigenvalue weighted by Gasteiger charge is -2.27. The van der Waals surface area contributed by atoms with Crippen molar-refractivity contribution >= 4 is 33.2 Å². The first-order valence-electron chi connectivity index (χ1n) is 11.1. The molecule has 0 radical (unpaired) electrons. The number of nitrogens with zero attached hydrogens (tertiary/aromatic N) is 2. The first-order chi connectivity index (χ1) is 16.1. The van der Waals surface area contributed by atoms with Crippen molar-refractivity contribution in [3.8, 4) is 0 Å². The number of benzene rings is 2. The number of hydrogen-bond donors (Lipinski definition) is 2. The Morgan fingerprint density at radius 3 is 2.29 bits per heavy atom. The molecule has 34 heavy (non-hydrogen) atoms. The molecule has 0 aromatic heterocycles. The van der Waals surface area contributed by atoms with Gasteiger partial charge in [-0.25, -0.2) is 8.42 Å². The van der Waals surface area contributed by atoms with Crippen LogP contribution >= 0.6 is 0 Å². The zero-order valence-corrected chi connectivity index (χ0v) is 20.8. The van der Waals surface area contributed by atoms with Crippen LogP contribution < -0.4 is 10.6 Å². The van der Waals surface area contributed by atoms with Gasteiger partial charge in [-0.15, -0.1) is 0 Å². The Bertz CT molecular complexity index is 1130. The van der Waals surface area contributed by atoms with Crippen LogP contribution in [0.25, 0.3) is 0 Å². The average molecular weight is 489 g/mol. The van der Waals surface area contributed by atoms with E-state index < -0.39 is 16.1 Å². The third-order valence-electron chi connectivity index (χ3n) is 5.81. The predicted molar refractivity (Wildman–Crippen MR) is 131 cm³/mol. The molecule has 0 aliphatic carbocycles. The molecule has 0 unspecified atom stereocenters. The van der Waals surface area contributed by atoms with Crippen LogP contribution in [0.5, 0.6) is 0 Å². The number of amides is 2. The van der Waals surface area contributed by atoms with Gasteiger partial charge in [-0.05, 0) is 57.6 Å². The quantitative estimate of drug-likeness (QED) is 0.590. The number of nitrogens with one attached hydrogen (secondary N) is 2. The van der Waals surface area contributed by atoms with Crippen molar-refractivity contribution in [1.29, 1.82) is 0 Å². The van der Waals surface area contributed by atoms with Gasteiger partial charge in [0.2, 0.25) is 21.8 Å². The zero-order chi connectivity index (χ0) is 24.9. The maximum Gasteiger partial charge on any atom is 0.243 e. The summed E-state index contributed by atoms with van der Waals surface area (Å²) in [4.78, 5) is 27.0. The summed E-state index contributed by atoms with van der Waals surface area (Å²) in [5, 5.41) is 5.59. The Morgan fingerprint density at radius 2 is 1.65 bits per heavy atom. The summed E-state index contributed by atoms with van der Waals surface area (Å²) < 4.78 is 32.8. The van der Waals surface area contributed by atoms with Crippen molar-refractivity contribution in [2.24, 2.45) is 0 Å². The first kappa shape index (κ1) is 25.8. The summed E-state index contributed by atoms with van der Waals surface area (Å²) in [5.74, 6) is -0.579. The fourth-order valence-corrected chi connectivity index (χ4v) is 5.19. The lowest BCUT2D eigenvalue weighted by molar-refractivity contribution is -0.122. The van der Waals surface area contributed by atoms with Gasteiger partial charge in [-0.1, -0.05) is 23.8 Å². The van der Waals surface area contributed by atoms with Gasteiger partial charge in [0.1, 0.15) is 0 Å². The number of ether oxygens (including phenoxy) is 1. The highest BCUT2D eigenvalue weighted by Gasteiger charge is 2.28. The molecule has 2 N–H and O–H groups in total. The molecular weight excluding hydrogens is 456 g/mol. The molecular formula is C24H32N4O5S. The van der Waals surface area contributed by atoms with E-state index in [0.717, 1.165) is 5.56 Å². The second kappa shape index (κ2) is 11.1. The number of anilines is 2. The molecule has 0 bridgehead atoms. The van der Waals surface area contributed by atoms with Crippen molar-refractivity contribution in [2.45, 2.75) is 31.7 Å². The van der Waals surface area contributed by atoms with Gasteiger partial charge in [0, 0.05) is 24.5 Å². The highest BCUT2D eigenvalue weighted by atomic mass is 32.2. The summed E-state index contributed by atoms with van der Waals surface area (Å²) in [6.45, 7) is 6.71. The maximum absolute atomic E-state index is 13.1. The van der Waals surface area contributed by atoms with Crippen molar-refractivity contribution in [1.82, 2.24) is 9.21 Å². The van der Waals surface area contributed by atoms with Crippen LogP contribution in [0.2, 0.25) is 0 Å². The van der Waals surface area contributed by atoms with Crippen LogP contribution in [0.3, 0.4) is 0 Å². The zero-order valence-electron chi connectivity index (χ0n) is 20.0. The minimum atomic E-state index is -3.70. The Kier molecular flexibility index (Phi) is 8.42. The number of carbonyl (C=O) groups is 2. The van der Waals surface area contributed by atoms with Gasteiger partial charge in [0.05, 0.1) is 30.7 Å². The summed E-state index contributed by atoms with van der Waals surface area (Å²) in [7, 11) is -2.01. The number of rotatable bonds is 8. The third-order valence-corrected chi connectivity index (χ3v) is 7.85. The monoisotopic (exact) mass is 488 g/mol. The molecule has 1 aliphatic heterocycles. The highest BCUT2D eigenvalue weighted by Crippen LogP contribution is 2.24. The summed E-state index contributed by atoms with van der Waals surface area (Å²) in [6.07, 6.45) is 0. The van der Waals surface area contributed by atoms with Crippen LogP contribution in [-0.4, -0.2) is 75.4 Å². The van der Waals surface area contributed by atoms with E-state index in [1.165, 1.54) is 10.4 Å². The molecule has 3 rings (SSSR count). The lowest BCUT2D eigenvalue weighted by atomic mass is 10.2. The minimum absolute atomic E-state index is 0.0209. The Morgan fingerprint density at radius 1 is 1.03 bits per heavy atom. The van der Waals surface area contributed by atoms with E-state index in [9.17, 15) is 18.0 Å². The molecule has 10 heteroatoms. The molecule has 2 aromatic carbocycles. The molecule has 0 spiro atoms. The summed E-state index contributed by atoms with van der Waals surface area (Å²) in [5.41, 5.74) is 2.77. The second-order valence-corrected chi connectivity index (χ2v) is 10.4. The van der Waals surface area contributed by atoms with Crippen molar-refractivity contribution in [3.63, 3.8) is 0 Å². The summed E-state index contributed by atoms with van der Waals surface area (Å²) in [6, 6.07) is 11.7. The minimum Gasteiger partial charge on any atom is -0.379 e. The standard InChI is InChI=1S/C24H32N4O5S/c1-17-5-8-20(9-6-17)25-23(29)16-27(4)19(3)24(30)26-21-10-7-18(2)22(15-21)34(31,32)28-11-13-33-14-12-28/h5-10,15,19H,11-14,16H2,1-4H3,(H,25,29)(H,26,30)/t19-/m0/s1. The highest BCUT2D eigenvalue weighted by molar-refractivity contribution is 7.89. The van der Waals surface area contributed by atoms with E-state index in [1.807, 2.05) is 31.2 Å². The molecule has 1 aliphatic rings. The molecule has 184 valence electrons. The van der Waals surface area contributed by atoms with Crippen molar-refractivity contribution in [3.05, 3.63) is 53.6 Å². The topological polar surface area (TPSA) is 108 Å². The van der Waals surface area contributed by atoms with Gasteiger partial charge in [0.15, 0.2) is 0 Å². The number of aryl methyl sites for hydroxylation is 2. The van der Waals surface area contributed by atoms with Gasteiger partial charge in [-0.2, -0.15) is 4.31 Å². The fraction of sp³-hybridized carbons (Fsp3) is 0.417. The smallest absolute Gasteiger partial charge is 0.243 e. The first-order valence-corrected chi connectivity index (χ1v) is 12.6. The summed E-state index contributed by atoms with van der Waals surface area (Å²) >= 11 is 0. The fourth-order valence-electron chi connectivity index (χ4n) is 3.53. The van der Waals surface area contributed by atoms with E-state index in [1.54, 1.807) is 37.9 Å². The molecule has 1 heterocycles. The molecule has 1 fully saturated rings. The number of sulfonamides is 1. The van der Waals surface area contributed by atoms with E-state index >= 15 is 0 Å². The number of hydrogen-bond acceptors (Lipinski definition) is 6. The second-order valence-electron chi connectivity index (χ2n) is 8.49. The van der Waals surface area contributed by atoms with Gasteiger partial charge >= 0.3 is 0 Å². The Labute approximate surface area is 201 Å². The van der Waals surface area contributed by atoms with Crippen LogP contribution in [-0.2, 0) is 24.3 Å². The van der Waals surface area contributed by atoms with Crippen molar-refractivity contribution in [2.75, 3.05) is 50.5 Å². The van der Waals surface area contributed by atoms with Crippen LogP contribution in [0.4, 0.5) is 11.4 Å². The Hall–Kier alpha value is -2.79. The average Bonchev–Trinajstić information content (AvgIpc) is 2.81. The maximum atomic E-state index is 13.1. The van der Waals surface area contributed by atoms with Crippen LogP contribution in [0.15, 0.2) is 47.4 Å². The third kappa shape index (κ3) is 6.41. The molecule has 1 saturated heterocycles. The van der Waals surface area contributed by atoms with Gasteiger partial charge in [0.25, 0.3) is 0 Å². The van der Waals surface area contributed by atoms with E-state index in [0.29, 0.717) is 43.2 Å². The van der Waals surface area contributed by atoms with Crippen LogP contribution in [0.1, 0.15) is 18.1 Å². The number of likely N-dealkylation sites (N-methyl/N-ethyl adjacent to an activating group) is 1. The molecule has 1 atom stereocenters. The van der Waals surface area contributed by atoms with Gasteiger partial charge in [-0.3, -0.25) is 14.5 Å². The van der Waals surface area contributed by atoms with E-state index in [-0.39, 0.29) is 23.3 Å². The molecule has 9 nitrogen and oxygen atoms in total. The van der Waals surface area contributed by atoms with E-state index in [2.05, 4.69) is 10.6 Å². The van der Waals surface area contributed by atoms with Gasteiger partial charge < -0.3 is 15.4 Å². The molecule has 2 amide bonds.